The third-order valence-corrected chi connectivity index (χ3v) is 3.95. The largest absolute Gasteiger partial charge is 1.00 e. The minimum absolute atomic E-state index is 0. The maximum Gasteiger partial charge on any atom is 1.00 e. The number of rotatable bonds is 7. The van der Waals surface area contributed by atoms with Gasteiger partial charge in [0.2, 0.25) is 11.7 Å². The van der Waals surface area contributed by atoms with E-state index in [0.717, 1.165) is 0 Å². The van der Waals surface area contributed by atoms with Crippen molar-refractivity contribution in [3.8, 4) is 11.5 Å². The molecule has 1 unspecified atom stereocenters. The van der Waals surface area contributed by atoms with Gasteiger partial charge in [0.15, 0.2) is 5.69 Å². The maximum atomic E-state index is 13.4. The fourth-order valence-corrected chi connectivity index (χ4v) is 2.66. The van der Waals surface area contributed by atoms with Crippen LogP contribution in [-0.4, -0.2) is 35.6 Å². The molecule has 31 heavy (non-hydrogen) atoms. The van der Waals surface area contributed by atoms with Crippen LogP contribution in [0.1, 0.15) is 24.6 Å². The Morgan fingerprint density at radius 2 is 1.94 bits per heavy atom. The van der Waals surface area contributed by atoms with Gasteiger partial charge in [0.05, 0.1) is 18.5 Å². The van der Waals surface area contributed by atoms with Crippen molar-refractivity contribution >= 4 is 17.4 Å². The van der Waals surface area contributed by atoms with Crippen molar-refractivity contribution in [3.05, 3.63) is 60.1 Å². The minimum atomic E-state index is -4.88. The lowest BCUT2D eigenvalue weighted by atomic mass is 10.2. The van der Waals surface area contributed by atoms with E-state index in [1.165, 1.54) is 24.4 Å². The Hall–Kier alpha value is -3.11. The van der Waals surface area contributed by atoms with Crippen molar-refractivity contribution in [2.45, 2.75) is 19.1 Å². The molecule has 2 N–H and O–H groups in total. The zero-order valence-corrected chi connectivity index (χ0v) is 17.3. The fourth-order valence-electron chi connectivity index (χ4n) is 2.66. The average Bonchev–Trinajstić information content (AvgIpc) is 3.17. The van der Waals surface area contributed by atoms with Crippen LogP contribution in [0.15, 0.2) is 53.1 Å². The monoisotopic (exact) mass is 456 g/mol. The molecule has 2 heterocycles. The lowest BCUT2D eigenvalue weighted by molar-refractivity contribution is -0.153. The number of alkyl halides is 3. The third-order valence-electron chi connectivity index (χ3n) is 3.95. The smallest absolute Gasteiger partial charge is 1.00 e. The molecule has 1 atom stereocenters. The summed E-state index contributed by atoms with van der Waals surface area (Å²) in [6.45, 7) is 2.37. The van der Waals surface area contributed by atoms with Gasteiger partial charge in [-0.3, -0.25) is 4.79 Å². The summed E-state index contributed by atoms with van der Waals surface area (Å²) in [5.74, 6) is -2.28. The summed E-state index contributed by atoms with van der Waals surface area (Å²) in [6.07, 6.45) is -3.55. The highest BCUT2D eigenvalue weighted by molar-refractivity contribution is 6.04. The van der Waals surface area contributed by atoms with Gasteiger partial charge in [-0.2, -0.15) is 13.2 Å². The zero-order chi connectivity index (χ0) is 21.7. The van der Waals surface area contributed by atoms with Crippen LogP contribution in [0.5, 0.6) is 0 Å². The Morgan fingerprint density at radius 3 is 2.52 bits per heavy atom. The molecule has 0 aliphatic carbocycles. The lowest BCUT2D eigenvalue weighted by Gasteiger charge is -2.13. The molecule has 0 saturated carbocycles. The number of carbonyl (C=O) groups excluding carboxylic acids is 1. The van der Waals surface area contributed by atoms with Gasteiger partial charge in [-0.15, -0.1) is 0 Å². The average molecular weight is 457 g/mol. The maximum absolute atomic E-state index is 13.4. The molecule has 0 fully saturated rings. The summed E-state index contributed by atoms with van der Waals surface area (Å²) in [6, 6.07) is 11.1. The van der Waals surface area contributed by atoms with E-state index in [0.29, 0.717) is 18.0 Å². The molecule has 1 aromatic carbocycles. The van der Waals surface area contributed by atoms with E-state index in [-0.39, 0.29) is 31.5 Å². The molecule has 0 aliphatic heterocycles. The molecule has 7 nitrogen and oxygen atoms in total. The first-order chi connectivity index (χ1) is 14.3. The number of carbonyl (C=O) groups is 1. The van der Waals surface area contributed by atoms with Gasteiger partial charge in [0, 0.05) is 18.7 Å². The number of pyridine rings is 1. The number of halogens is 4. The van der Waals surface area contributed by atoms with E-state index in [9.17, 15) is 18.0 Å². The van der Waals surface area contributed by atoms with Crippen molar-refractivity contribution < 1.29 is 41.0 Å². The van der Waals surface area contributed by atoms with Crippen LogP contribution < -0.4 is 23.0 Å². The van der Waals surface area contributed by atoms with Crippen molar-refractivity contribution in [1.29, 1.82) is 0 Å². The number of nitrogens with one attached hydrogen (secondary N) is 2. The Kier molecular flexibility index (Phi) is 8.01. The summed E-state index contributed by atoms with van der Waals surface area (Å²) >= 11 is 0. The second-order valence-corrected chi connectivity index (χ2v) is 6.45. The highest BCUT2D eigenvalue weighted by Gasteiger charge is 2.42. The number of amides is 1. The van der Waals surface area contributed by atoms with Gasteiger partial charge in [0.25, 0.3) is 5.91 Å². The zero-order valence-electron chi connectivity index (χ0n) is 17.5. The number of anilines is 2. The number of nitrogens with zero attached hydrogens (tertiary/aromatic N) is 2. The summed E-state index contributed by atoms with van der Waals surface area (Å²) in [5.41, 5.74) is -0.316. The number of methoxy groups -OCH3 is 1. The molecule has 1 amide bonds. The fraction of sp³-hybridized carbons (Fsp3) is 0.250. The van der Waals surface area contributed by atoms with Crippen molar-refractivity contribution in [1.82, 2.24) is 9.97 Å². The van der Waals surface area contributed by atoms with Crippen LogP contribution in [-0.2, 0) is 10.9 Å². The Bertz CT molecular complexity index is 1000. The first-order valence-electron chi connectivity index (χ1n) is 8.94. The van der Waals surface area contributed by atoms with Gasteiger partial charge >= 0.3 is 7.60 Å². The Labute approximate surface area is 183 Å². The first-order valence-corrected chi connectivity index (χ1v) is 8.94. The van der Waals surface area contributed by atoms with Crippen LogP contribution in [0.4, 0.5) is 24.7 Å². The van der Waals surface area contributed by atoms with E-state index < -0.39 is 23.5 Å². The van der Waals surface area contributed by atoms with Crippen molar-refractivity contribution in [3.63, 3.8) is 0 Å². The number of ether oxygens (including phenoxy) is 1. The van der Waals surface area contributed by atoms with E-state index in [4.69, 9.17) is 9.15 Å². The topological polar surface area (TPSA) is 89.3 Å². The molecule has 166 valence electrons. The Balaban J connectivity index is 0.00000256. The third kappa shape index (κ3) is 6.19. The molecule has 3 aromatic rings. The van der Waals surface area contributed by atoms with E-state index >= 15 is 0 Å². The van der Waals surface area contributed by atoms with Crippen LogP contribution in [0.25, 0.3) is 11.5 Å². The summed E-state index contributed by atoms with van der Waals surface area (Å²) in [7, 11) is 1.58. The number of benzene rings is 1. The molecule has 0 spiro atoms. The first kappa shape index (κ1) is 24.2. The second-order valence-electron chi connectivity index (χ2n) is 6.45. The van der Waals surface area contributed by atoms with Gasteiger partial charge in [-0.25, -0.2) is 9.97 Å². The molecular weight excluding hydrogens is 437 g/mol. The SMILES string of the molecule is COCC(C)Nc1ccc(NC(=O)c2nc(-c3ccccc3)oc2C(F)(F)F)cn1.[Cl-].[H+]. The van der Waals surface area contributed by atoms with Crippen molar-refractivity contribution in [2.24, 2.45) is 0 Å². The molecule has 0 aliphatic rings. The molecule has 0 radical (unpaired) electrons. The van der Waals surface area contributed by atoms with E-state index in [2.05, 4.69) is 20.6 Å². The van der Waals surface area contributed by atoms with Gasteiger partial charge < -0.3 is 32.2 Å². The normalized spacial score (nSPS) is 12.0. The summed E-state index contributed by atoms with van der Waals surface area (Å²) < 4.78 is 50.0. The van der Waals surface area contributed by atoms with Crippen molar-refractivity contribution in [2.75, 3.05) is 24.4 Å². The quantitative estimate of drug-likeness (QED) is 0.561. The van der Waals surface area contributed by atoms with Crippen LogP contribution in [0.2, 0.25) is 0 Å². The van der Waals surface area contributed by atoms with E-state index in [1.807, 2.05) is 6.92 Å². The highest BCUT2D eigenvalue weighted by atomic mass is 35.5. The van der Waals surface area contributed by atoms with Crippen LogP contribution in [0.3, 0.4) is 0 Å². The predicted molar refractivity (Wildman–Crippen MR) is 105 cm³/mol. The molecule has 2 aromatic heterocycles. The molecule has 0 bridgehead atoms. The summed E-state index contributed by atoms with van der Waals surface area (Å²) in [5, 5.41) is 5.45. The highest BCUT2D eigenvalue weighted by Crippen LogP contribution is 2.35. The number of oxazole rings is 1. The number of aromatic nitrogens is 2. The molecular formula is C20H20ClF3N4O3. The molecule has 11 heteroatoms. The van der Waals surface area contributed by atoms with Crippen LogP contribution in [0, 0.1) is 0 Å². The standard InChI is InChI=1S/C20H19F3N4O3.ClH/c1-12(11-29-2)25-15-9-8-14(10-24-15)26-18(28)16-17(20(21,22)23)30-19(27-16)13-6-4-3-5-7-13;/h3-10,12H,11H2,1-2H3,(H,24,25)(H,26,28);1H. The van der Waals surface area contributed by atoms with E-state index in [1.54, 1.807) is 31.4 Å². The molecule has 0 saturated heterocycles. The van der Waals surface area contributed by atoms with Gasteiger partial charge in [-0.05, 0) is 31.2 Å². The summed E-state index contributed by atoms with van der Waals surface area (Å²) in [4.78, 5) is 20.4. The number of hydrogen-bond acceptors (Lipinski definition) is 6. The van der Waals surface area contributed by atoms with Crippen LogP contribution >= 0.6 is 0 Å². The lowest BCUT2D eigenvalue weighted by Crippen LogP contribution is -3.00. The van der Waals surface area contributed by atoms with Gasteiger partial charge in [0.1, 0.15) is 5.82 Å². The molecule has 3 rings (SSSR count). The second kappa shape index (κ2) is 10.3. The number of hydrogen-bond donors (Lipinski definition) is 2. The van der Waals surface area contributed by atoms with Gasteiger partial charge in [-0.1, -0.05) is 18.2 Å². The minimum Gasteiger partial charge on any atom is -1.00 e. The Morgan fingerprint density at radius 1 is 1.23 bits per heavy atom. The predicted octanol–water partition coefficient (Wildman–Crippen LogP) is 1.57.